The van der Waals surface area contributed by atoms with Crippen LogP contribution < -0.4 is 5.32 Å². The molecule has 6 nitrogen and oxygen atoms in total. The number of nitrogens with one attached hydrogen (secondary N) is 1. The van der Waals surface area contributed by atoms with E-state index in [0.717, 1.165) is 17.3 Å². The van der Waals surface area contributed by atoms with Crippen molar-refractivity contribution in [3.8, 4) is 0 Å². The van der Waals surface area contributed by atoms with Gasteiger partial charge in [-0.15, -0.1) is 0 Å². The van der Waals surface area contributed by atoms with Gasteiger partial charge < -0.3 is 14.8 Å². The van der Waals surface area contributed by atoms with Crippen molar-refractivity contribution in [1.29, 1.82) is 0 Å². The molecule has 0 bridgehead atoms. The zero-order valence-corrected chi connectivity index (χ0v) is 15.1. The van der Waals surface area contributed by atoms with E-state index >= 15 is 0 Å². The van der Waals surface area contributed by atoms with Crippen LogP contribution in [0, 0.1) is 20.8 Å². The second kappa shape index (κ2) is 7.14. The fourth-order valence-corrected chi connectivity index (χ4v) is 2.74. The van der Waals surface area contributed by atoms with E-state index in [1.54, 1.807) is 18.7 Å². The zero-order valence-electron chi connectivity index (χ0n) is 15.1. The number of halogens is 3. The number of carbonyl (C=O) groups excluding carboxylic acids is 1. The van der Waals surface area contributed by atoms with E-state index in [0.29, 0.717) is 5.69 Å². The van der Waals surface area contributed by atoms with Crippen LogP contribution in [0.1, 0.15) is 34.9 Å². The molecule has 144 valence electrons. The van der Waals surface area contributed by atoms with Crippen LogP contribution in [0.4, 0.5) is 13.2 Å². The van der Waals surface area contributed by atoms with Gasteiger partial charge in [-0.3, -0.25) is 9.48 Å². The second-order valence-corrected chi connectivity index (χ2v) is 6.32. The first-order valence-corrected chi connectivity index (χ1v) is 8.07. The summed E-state index contributed by atoms with van der Waals surface area (Å²) in [6.45, 7) is 4.70. The lowest BCUT2D eigenvalue weighted by Crippen LogP contribution is -2.44. The highest BCUT2D eigenvalue weighted by Gasteiger charge is 2.56. The van der Waals surface area contributed by atoms with Crippen molar-refractivity contribution in [3.63, 3.8) is 0 Å². The topological polar surface area (TPSA) is 80.3 Å². The van der Waals surface area contributed by atoms with Crippen LogP contribution in [-0.2, 0) is 23.9 Å². The lowest BCUT2D eigenvalue weighted by molar-refractivity contribution is -0.274. The van der Waals surface area contributed by atoms with Crippen LogP contribution in [0.15, 0.2) is 16.5 Å². The molecule has 1 amide bonds. The smallest absolute Gasteiger partial charge is 0.424 e. The van der Waals surface area contributed by atoms with Gasteiger partial charge in [-0.1, -0.05) is 0 Å². The number of hydrogen-bond donors (Lipinski definition) is 2. The van der Waals surface area contributed by atoms with E-state index in [9.17, 15) is 23.1 Å². The van der Waals surface area contributed by atoms with Gasteiger partial charge in [0.2, 0.25) is 11.5 Å². The van der Waals surface area contributed by atoms with E-state index in [-0.39, 0.29) is 18.7 Å². The molecule has 0 fully saturated rings. The average Bonchev–Trinajstić information content (AvgIpc) is 3.05. The Hall–Kier alpha value is -2.29. The molecule has 0 radical (unpaired) electrons. The van der Waals surface area contributed by atoms with Crippen LogP contribution in [0.2, 0.25) is 0 Å². The maximum absolute atomic E-state index is 13.3. The summed E-state index contributed by atoms with van der Waals surface area (Å²) in [5.74, 6) is -0.769. The van der Waals surface area contributed by atoms with Crippen molar-refractivity contribution in [1.82, 2.24) is 15.1 Å². The monoisotopic (exact) mass is 373 g/mol. The van der Waals surface area contributed by atoms with E-state index in [4.69, 9.17) is 4.42 Å². The summed E-state index contributed by atoms with van der Waals surface area (Å²) < 4.78 is 46.6. The highest BCUT2D eigenvalue weighted by atomic mass is 19.4. The number of hydrogen-bond acceptors (Lipinski definition) is 4. The van der Waals surface area contributed by atoms with Crippen molar-refractivity contribution < 1.29 is 27.5 Å². The summed E-state index contributed by atoms with van der Waals surface area (Å²) in [4.78, 5) is 12.1. The fraction of sp³-hybridized carbons (Fsp3) is 0.529. The van der Waals surface area contributed by atoms with Gasteiger partial charge in [0, 0.05) is 31.3 Å². The molecule has 0 aliphatic carbocycles. The summed E-state index contributed by atoms with van der Waals surface area (Å²) in [6.07, 6.45) is -5.67. The number of amides is 1. The number of aryl methyl sites for hydroxylation is 3. The SMILES string of the molecule is Cc1ccc(C(O)(CCNC(=O)Cc2c(C)nn(C)c2C)C(F)(F)F)o1. The largest absolute Gasteiger partial charge is 0.463 e. The highest BCUT2D eigenvalue weighted by Crippen LogP contribution is 2.42. The number of aromatic nitrogens is 2. The van der Waals surface area contributed by atoms with Crippen molar-refractivity contribution >= 4 is 5.91 Å². The van der Waals surface area contributed by atoms with Gasteiger partial charge in [0.1, 0.15) is 11.5 Å². The minimum Gasteiger partial charge on any atom is -0.463 e. The maximum atomic E-state index is 13.3. The number of furan rings is 1. The first-order valence-electron chi connectivity index (χ1n) is 8.07. The number of nitrogens with zero attached hydrogens (tertiary/aromatic N) is 2. The fourth-order valence-electron chi connectivity index (χ4n) is 2.74. The molecular weight excluding hydrogens is 351 g/mol. The van der Waals surface area contributed by atoms with Gasteiger partial charge in [-0.2, -0.15) is 18.3 Å². The summed E-state index contributed by atoms with van der Waals surface area (Å²) in [5.41, 5.74) is -0.916. The summed E-state index contributed by atoms with van der Waals surface area (Å²) in [7, 11) is 1.75. The Labute approximate surface area is 149 Å². The van der Waals surface area contributed by atoms with E-state index in [1.165, 1.54) is 13.0 Å². The lowest BCUT2D eigenvalue weighted by atomic mass is 9.95. The van der Waals surface area contributed by atoms with Gasteiger partial charge in [0.05, 0.1) is 12.1 Å². The Kier molecular flexibility index (Phi) is 5.50. The van der Waals surface area contributed by atoms with Crippen LogP contribution in [0.3, 0.4) is 0 Å². The predicted octanol–water partition coefficient (Wildman–Crippen LogP) is 2.44. The zero-order chi connectivity index (χ0) is 19.7. The molecule has 0 aliphatic heterocycles. The molecule has 0 aliphatic rings. The summed E-state index contributed by atoms with van der Waals surface area (Å²) in [5, 5.41) is 16.8. The molecule has 9 heteroatoms. The first-order chi connectivity index (χ1) is 12.0. The summed E-state index contributed by atoms with van der Waals surface area (Å²) in [6, 6.07) is 2.44. The molecule has 2 rings (SSSR count). The minimum absolute atomic E-state index is 0.00974. The Morgan fingerprint density at radius 2 is 1.96 bits per heavy atom. The average molecular weight is 373 g/mol. The number of alkyl halides is 3. The molecule has 0 aromatic carbocycles. The Bertz CT molecular complexity index is 795. The molecule has 1 unspecified atom stereocenters. The lowest BCUT2D eigenvalue weighted by Gasteiger charge is -2.28. The molecule has 0 spiro atoms. The van der Waals surface area contributed by atoms with E-state index in [1.807, 2.05) is 6.92 Å². The Morgan fingerprint density at radius 3 is 2.42 bits per heavy atom. The molecule has 26 heavy (non-hydrogen) atoms. The molecule has 0 saturated heterocycles. The molecule has 2 heterocycles. The molecule has 2 aromatic heterocycles. The Balaban J connectivity index is 2.02. The normalized spacial score (nSPS) is 14.3. The third-order valence-corrected chi connectivity index (χ3v) is 4.42. The van der Waals surface area contributed by atoms with Gasteiger partial charge in [-0.05, 0) is 32.9 Å². The molecule has 2 aromatic rings. The predicted molar refractivity (Wildman–Crippen MR) is 87.4 cm³/mol. The van der Waals surface area contributed by atoms with Crippen molar-refractivity contribution in [3.05, 3.63) is 40.6 Å². The standard InChI is InChI=1S/C17H22F3N3O3/c1-10-5-6-14(26-10)16(25,17(18,19)20)7-8-21-15(24)9-13-11(2)22-23(4)12(13)3/h5-6,25H,7-9H2,1-4H3,(H,21,24). The second-order valence-electron chi connectivity index (χ2n) is 6.32. The van der Waals surface area contributed by atoms with Gasteiger partial charge >= 0.3 is 6.18 Å². The third kappa shape index (κ3) is 3.92. The van der Waals surface area contributed by atoms with Gasteiger partial charge in [0.15, 0.2) is 0 Å². The van der Waals surface area contributed by atoms with Crippen molar-refractivity contribution in [2.45, 2.75) is 45.4 Å². The summed E-state index contributed by atoms with van der Waals surface area (Å²) >= 11 is 0. The van der Waals surface area contributed by atoms with Crippen molar-refractivity contribution in [2.75, 3.05) is 6.54 Å². The molecular formula is C17H22F3N3O3. The van der Waals surface area contributed by atoms with Crippen LogP contribution >= 0.6 is 0 Å². The van der Waals surface area contributed by atoms with E-state index in [2.05, 4.69) is 10.4 Å². The molecule has 2 N–H and O–H groups in total. The highest BCUT2D eigenvalue weighted by molar-refractivity contribution is 5.79. The van der Waals surface area contributed by atoms with Crippen LogP contribution in [-0.4, -0.2) is 33.5 Å². The minimum atomic E-state index is -4.93. The molecule has 0 saturated carbocycles. The van der Waals surface area contributed by atoms with Crippen molar-refractivity contribution in [2.24, 2.45) is 7.05 Å². The Morgan fingerprint density at radius 1 is 1.31 bits per heavy atom. The van der Waals surface area contributed by atoms with Crippen LogP contribution in [0.5, 0.6) is 0 Å². The third-order valence-electron chi connectivity index (χ3n) is 4.42. The van der Waals surface area contributed by atoms with E-state index < -0.39 is 29.9 Å². The van der Waals surface area contributed by atoms with Crippen LogP contribution in [0.25, 0.3) is 0 Å². The van der Waals surface area contributed by atoms with Gasteiger partial charge in [0.25, 0.3) is 0 Å². The number of carbonyl (C=O) groups is 1. The maximum Gasteiger partial charge on any atom is 0.424 e. The number of aliphatic hydroxyl groups is 1. The number of rotatable bonds is 6. The quantitative estimate of drug-likeness (QED) is 0.815. The van der Waals surface area contributed by atoms with Gasteiger partial charge in [-0.25, -0.2) is 0 Å². The molecule has 1 atom stereocenters. The first kappa shape index (κ1) is 20.0.